The molecule has 0 spiro atoms. The summed E-state index contributed by atoms with van der Waals surface area (Å²) in [7, 11) is 5.54. The molecule has 0 N–H and O–H groups in total. The third kappa shape index (κ3) is 9.40. The van der Waals surface area contributed by atoms with Crippen molar-refractivity contribution in [2.45, 2.75) is 79.5 Å². The number of thioether (sulfide) groups is 1. The van der Waals surface area contributed by atoms with Gasteiger partial charge in [-0.15, -0.1) is 11.8 Å². The van der Waals surface area contributed by atoms with E-state index in [2.05, 4.69) is 43.7 Å². The first-order valence-electron chi connectivity index (χ1n) is 15.3. The lowest BCUT2D eigenvalue weighted by Crippen LogP contribution is -2.59. The van der Waals surface area contributed by atoms with Crippen molar-refractivity contribution >= 4 is 24.1 Å². The third-order valence-corrected chi connectivity index (χ3v) is 8.40. The molecule has 1 atom stereocenters. The van der Waals surface area contributed by atoms with Gasteiger partial charge in [-0.3, -0.25) is 9.59 Å². The predicted molar refractivity (Wildman–Crippen MR) is 178 cm³/mol. The van der Waals surface area contributed by atoms with Gasteiger partial charge < -0.3 is 24.2 Å². The highest BCUT2D eigenvalue weighted by molar-refractivity contribution is 8.02. The van der Waals surface area contributed by atoms with Crippen LogP contribution < -0.4 is 4.74 Å². The molecule has 42 heavy (non-hydrogen) atoms. The maximum absolute atomic E-state index is 12.9. The van der Waals surface area contributed by atoms with Crippen molar-refractivity contribution in [2.24, 2.45) is 5.92 Å². The van der Waals surface area contributed by atoms with E-state index in [9.17, 15) is 9.59 Å². The first-order valence-corrected chi connectivity index (χ1v) is 16.4. The van der Waals surface area contributed by atoms with Gasteiger partial charge in [-0.2, -0.15) is 0 Å². The Hall–Kier alpha value is -2.71. The lowest BCUT2D eigenvalue weighted by atomic mass is 9.79. The van der Waals surface area contributed by atoms with Gasteiger partial charge in [0.2, 0.25) is 12.3 Å². The third-order valence-electron chi connectivity index (χ3n) is 7.63. The Kier molecular flexibility index (Phi) is 17.3. The molecule has 7 nitrogen and oxygen atoms in total. The van der Waals surface area contributed by atoms with Gasteiger partial charge in [-0.05, 0) is 60.3 Å². The average molecular weight is 602 g/mol. The van der Waals surface area contributed by atoms with Crippen molar-refractivity contribution in [3.05, 3.63) is 64.7 Å². The average Bonchev–Trinajstić information content (AvgIpc) is 3.01. The fourth-order valence-electron chi connectivity index (χ4n) is 5.82. The number of hydrogen-bond donors (Lipinski definition) is 0. The van der Waals surface area contributed by atoms with E-state index in [4.69, 9.17) is 9.47 Å². The molecule has 1 saturated heterocycles. The molecule has 1 fully saturated rings. The molecule has 1 aromatic carbocycles. The summed E-state index contributed by atoms with van der Waals surface area (Å²) < 4.78 is 11.2. The number of piperidine rings is 1. The smallest absolute Gasteiger partial charge is 0.232 e. The topological polar surface area (TPSA) is 62.3 Å². The minimum atomic E-state index is -0.460. The van der Waals surface area contributed by atoms with Crippen LogP contribution in [0.1, 0.15) is 71.1 Å². The number of hydrogen-bond acceptors (Lipinski definition) is 6. The molecule has 0 unspecified atom stereocenters. The minimum Gasteiger partial charge on any atom is -0.496 e. The van der Waals surface area contributed by atoms with Crippen molar-refractivity contribution in [2.75, 3.05) is 46.7 Å². The predicted octanol–water partition coefficient (Wildman–Crippen LogP) is 6.67. The van der Waals surface area contributed by atoms with Gasteiger partial charge in [0, 0.05) is 46.0 Å². The van der Waals surface area contributed by atoms with Gasteiger partial charge in [0.15, 0.2) is 0 Å². The summed E-state index contributed by atoms with van der Waals surface area (Å²) in [5.41, 5.74) is 4.23. The van der Waals surface area contributed by atoms with Gasteiger partial charge >= 0.3 is 0 Å². The maximum Gasteiger partial charge on any atom is 0.232 e. The molecule has 2 heterocycles. The standard InChI is InChI=1S/C30H43N3O4S.2C2H6/c1-7-9-14-38-21-29(35)32-12-10-30(11-13-32,33(8-2)22-34)28-16-23(3)15-26-25(19-31(28)4)17-24(20-36-5)18-27(26)37-6;2*1-2/h7,9,14,16-18,22-23H,1,8,10-13,15,19-21H2,2-6H3;2*1-2H3/b14-9-,28-16-;;/t23-;;/m1../s1. The largest absolute Gasteiger partial charge is 0.496 e. The Morgan fingerprint density at radius 2 is 1.86 bits per heavy atom. The number of methoxy groups -OCH3 is 2. The minimum absolute atomic E-state index is 0.131. The summed E-state index contributed by atoms with van der Waals surface area (Å²) in [6, 6.07) is 4.30. The Balaban J connectivity index is 0.00000211. The van der Waals surface area contributed by atoms with Crippen LogP contribution in [-0.4, -0.2) is 79.2 Å². The first-order chi connectivity index (χ1) is 20.3. The van der Waals surface area contributed by atoms with Gasteiger partial charge in [-0.1, -0.05) is 65.5 Å². The molecule has 0 aromatic heterocycles. The summed E-state index contributed by atoms with van der Waals surface area (Å²) in [5, 5.41) is 1.89. The Labute approximate surface area is 260 Å². The van der Waals surface area contributed by atoms with Gasteiger partial charge in [0.25, 0.3) is 0 Å². The van der Waals surface area contributed by atoms with E-state index < -0.39 is 5.54 Å². The van der Waals surface area contributed by atoms with Gasteiger partial charge in [0.1, 0.15) is 5.75 Å². The Bertz CT molecular complexity index is 1050. The van der Waals surface area contributed by atoms with Crippen LogP contribution in [0.25, 0.3) is 0 Å². The van der Waals surface area contributed by atoms with Crippen molar-refractivity contribution in [3.63, 3.8) is 0 Å². The molecular formula is C34H55N3O4S. The summed E-state index contributed by atoms with van der Waals surface area (Å²) >= 11 is 1.48. The molecule has 2 aliphatic heterocycles. The van der Waals surface area contributed by atoms with Crippen molar-refractivity contribution in [1.29, 1.82) is 0 Å². The number of amides is 2. The van der Waals surface area contributed by atoms with Gasteiger partial charge in [0.05, 0.1) is 25.0 Å². The number of likely N-dealkylation sites (tertiary alicyclic amines) is 1. The molecule has 0 saturated carbocycles. The molecule has 3 rings (SSSR count). The SMILES string of the molecule is C=C/C=C\SCC(=O)N1CCC(/C2=C/[C@H](C)Cc3c(cc(COC)cc3OC)CN2C)(N(C=O)CC)CC1.CC.CC. The molecular weight excluding hydrogens is 546 g/mol. The van der Waals surface area contributed by atoms with E-state index >= 15 is 0 Å². The van der Waals surface area contributed by atoms with Crippen molar-refractivity contribution < 1.29 is 19.1 Å². The second-order valence-corrected chi connectivity index (χ2v) is 11.0. The van der Waals surface area contributed by atoms with Crippen LogP contribution in [0.2, 0.25) is 0 Å². The zero-order valence-electron chi connectivity index (χ0n) is 27.6. The lowest BCUT2D eigenvalue weighted by molar-refractivity contribution is -0.132. The number of rotatable bonds is 11. The Morgan fingerprint density at radius 3 is 2.40 bits per heavy atom. The summed E-state index contributed by atoms with van der Waals surface area (Å²) in [6.45, 7) is 19.0. The first kappa shape index (κ1) is 37.3. The van der Waals surface area contributed by atoms with Crippen LogP contribution in [-0.2, 0) is 33.9 Å². The second kappa shape index (κ2) is 19.5. The van der Waals surface area contributed by atoms with Crippen LogP contribution in [0.15, 0.2) is 48.0 Å². The number of carbonyl (C=O) groups is 2. The molecule has 0 aliphatic carbocycles. The number of benzene rings is 1. The molecule has 2 amide bonds. The number of likely N-dealkylation sites (N-methyl/N-ethyl adjacent to an activating group) is 2. The highest BCUT2D eigenvalue weighted by Gasteiger charge is 2.45. The van der Waals surface area contributed by atoms with E-state index in [1.165, 1.54) is 22.9 Å². The van der Waals surface area contributed by atoms with Crippen LogP contribution in [0.5, 0.6) is 5.75 Å². The van der Waals surface area contributed by atoms with Crippen molar-refractivity contribution in [1.82, 2.24) is 14.7 Å². The summed E-state index contributed by atoms with van der Waals surface area (Å²) in [6.07, 6.45) is 9.14. The molecule has 0 radical (unpaired) electrons. The van der Waals surface area contributed by atoms with Crippen LogP contribution in [0.3, 0.4) is 0 Å². The maximum atomic E-state index is 12.9. The van der Waals surface area contributed by atoms with Crippen LogP contribution >= 0.6 is 11.8 Å². The van der Waals surface area contributed by atoms with E-state index in [0.29, 0.717) is 51.4 Å². The van der Waals surface area contributed by atoms with Crippen LogP contribution in [0, 0.1) is 5.92 Å². The number of nitrogens with zero attached hydrogens (tertiary/aromatic N) is 3. The fourth-order valence-corrected chi connectivity index (χ4v) is 6.46. The molecule has 0 bridgehead atoms. The number of carbonyl (C=O) groups excluding carboxylic acids is 2. The second-order valence-electron chi connectivity index (χ2n) is 10.1. The zero-order valence-corrected chi connectivity index (χ0v) is 28.4. The van der Waals surface area contributed by atoms with E-state index in [1.807, 2.05) is 55.9 Å². The molecule has 2 aliphatic rings. The summed E-state index contributed by atoms with van der Waals surface area (Å²) in [4.78, 5) is 31.4. The summed E-state index contributed by atoms with van der Waals surface area (Å²) in [5.74, 6) is 1.68. The number of fused-ring (bicyclic) bond motifs is 1. The van der Waals surface area contributed by atoms with Gasteiger partial charge in [-0.25, -0.2) is 0 Å². The monoisotopic (exact) mass is 601 g/mol. The number of ether oxygens (including phenoxy) is 2. The van der Waals surface area contributed by atoms with Crippen LogP contribution in [0.4, 0.5) is 0 Å². The fraction of sp³-hybridized carbons (Fsp3) is 0.588. The van der Waals surface area contributed by atoms with E-state index in [1.54, 1.807) is 20.3 Å². The Morgan fingerprint density at radius 1 is 1.19 bits per heavy atom. The van der Waals surface area contributed by atoms with E-state index in [-0.39, 0.29) is 11.8 Å². The zero-order chi connectivity index (χ0) is 31.7. The highest BCUT2D eigenvalue weighted by Crippen LogP contribution is 2.40. The lowest BCUT2D eigenvalue weighted by Gasteiger charge is -2.51. The highest BCUT2D eigenvalue weighted by atomic mass is 32.2. The number of allylic oxidation sites excluding steroid dienone is 3. The normalized spacial score (nSPS) is 19.0. The van der Waals surface area contributed by atoms with Crippen molar-refractivity contribution in [3.8, 4) is 5.75 Å². The molecule has 1 aromatic rings. The molecule has 236 valence electrons. The van der Waals surface area contributed by atoms with E-state index in [0.717, 1.165) is 29.8 Å². The molecule has 8 heteroatoms. The quantitative estimate of drug-likeness (QED) is 0.208.